The largest absolute Gasteiger partial charge is 0.358 e. The molecule has 144 valence electrons. The van der Waals surface area contributed by atoms with Crippen LogP contribution < -0.4 is 5.32 Å². The standard InChI is InChI=1S/C25H28N2O/c1-24(2,3)22-15-18-14-20(9-10-21(18)27-22)26-23(28)25(11-12-25)19-8-7-16-5-4-6-17(16)13-19/h7-10,13-15,27H,4-6,11-12H2,1-3H3,(H,26,28). The van der Waals surface area contributed by atoms with E-state index in [9.17, 15) is 4.79 Å². The Kier molecular flexibility index (Phi) is 3.74. The van der Waals surface area contributed by atoms with Crippen LogP contribution in [0.1, 0.15) is 62.4 Å². The lowest BCUT2D eigenvalue weighted by atomic mass is 9.92. The average Bonchev–Trinajstić information content (AvgIpc) is 3.13. The summed E-state index contributed by atoms with van der Waals surface area (Å²) in [6.07, 6.45) is 5.46. The van der Waals surface area contributed by atoms with Crippen molar-refractivity contribution in [3.63, 3.8) is 0 Å². The molecule has 2 N–H and O–H groups in total. The van der Waals surface area contributed by atoms with Crippen molar-refractivity contribution in [3.05, 3.63) is 64.8 Å². The number of nitrogens with one attached hydrogen (secondary N) is 2. The lowest BCUT2D eigenvalue weighted by molar-refractivity contribution is -0.118. The third-order valence-corrected chi connectivity index (χ3v) is 6.52. The molecule has 3 nitrogen and oxygen atoms in total. The zero-order valence-corrected chi connectivity index (χ0v) is 17.0. The first kappa shape index (κ1) is 17.5. The SMILES string of the molecule is CC(C)(C)c1cc2cc(NC(=O)C3(c4ccc5c(c4)CCC5)CC3)ccc2[nH]1. The van der Waals surface area contributed by atoms with E-state index in [0.717, 1.165) is 35.9 Å². The predicted molar refractivity (Wildman–Crippen MR) is 115 cm³/mol. The van der Waals surface area contributed by atoms with Crippen molar-refractivity contribution in [2.75, 3.05) is 5.32 Å². The summed E-state index contributed by atoms with van der Waals surface area (Å²) in [5.41, 5.74) is 7.06. The molecular weight excluding hydrogens is 344 g/mol. The number of carbonyl (C=O) groups excluding carboxylic acids is 1. The number of aryl methyl sites for hydroxylation is 2. The van der Waals surface area contributed by atoms with E-state index < -0.39 is 0 Å². The highest BCUT2D eigenvalue weighted by Crippen LogP contribution is 2.49. The van der Waals surface area contributed by atoms with Crippen LogP contribution in [0.4, 0.5) is 5.69 Å². The fourth-order valence-electron chi connectivity index (χ4n) is 4.51. The van der Waals surface area contributed by atoms with Gasteiger partial charge in [0.1, 0.15) is 0 Å². The van der Waals surface area contributed by atoms with Crippen molar-refractivity contribution >= 4 is 22.5 Å². The van der Waals surface area contributed by atoms with Crippen molar-refractivity contribution < 1.29 is 4.79 Å². The number of hydrogen-bond donors (Lipinski definition) is 2. The molecule has 1 aromatic heterocycles. The van der Waals surface area contributed by atoms with Gasteiger partial charge in [-0.05, 0) is 73.1 Å². The summed E-state index contributed by atoms with van der Waals surface area (Å²) in [5.74, 6) is 0.136. The number of amides is 1. The number of carbonyl (C=O) groups is 1. The maximum absolute atomic E-state index is 13.2. The van der Waals surface area contributed by atoms with E-state index in [0.29, 0.717) is 0 Å². The van der Waals surface area contributed by atoms with Crippen LogP contribution >= 0.6 is 0 Å². The van der Waals surface area contributed by atoms with Crippen LogP contribution in [0.5, 0.6) is 0 Å². The molecule has 2 aliphatic rings. The Morgan fingerprint density at radius 2 is 1.79 bits per heavy atom. The van der Waals surface area contributed by atoms with Crippen LogP contribution in [-0.4, -0.2) is 10.9 Å². The van der Waals surface area contributed by atoms with Gasteiger partial charge in [-0.15, -0.1) is 0 Å². The van der Waals surface area contributed by atoms with Crippen molar-refractivity contribution in [2.24, 2.45) is 0 Å². The van der Waals surface area contributed by atoms with Gasteiger partial charge in [0.05, 0.1) is 5.41 Å². The van der Waals surface area contributed by atoms with E-state index >= 15 is 0 Å². The van der Waals surface area contributed by atoms with Gasteiger partial charge in [0, 0.05) is 27.7 Å². The van der Waals surface area contributed by atoms with Gasteiger partial charge >= 0.3 is 0 Å². The molecule has 2 aliphatic carbocycles. The fraction of sp³-hybridized carbons (Fsp3) is 0.400. The van der Waals surface area contributed by atoms with E-state index in [1.807, 2.05) is 6.07 Å². The van der Waals surface area contributed by atoms with Crippen molar-refractivity contribution in [1.82, 2.24) is 4.98 Å². The topological polar surface area (TPSA) is 44.9 Å². The summed E-state index contributed by atoms with van der Waals surface area (Å²) in [6.45, 7) is 6.61. The Morgan fingerprint density at radius 1 is 1.00 bits per heavy atom. The van der Waals surface area contributed by atoms with Gasteiger partial charge in [0.2, 0.25) is 5.91 Å². The first-order chi connectivity index (χ1) is 13.3. The van der Waals surface area contributed by atoms with Crippen LogP contribution in [0.25, 0.3) is 10.9 Å². The molecule has 0 spiro atoms. The number of benzene rings is 2. The van der Waals surface area contributed by atoms with Crippen LogP contribution in [0.2, 0.25) is 0 Å². The average molecular weight is 373 g/mol. The quantitative estimate of drug-likeness (QED) is 0.615. The first-order valence-electron chi connectivity index (χ1n) is 10.4. The summed E-state index contributed by atoms with van der Waals surface area (Å²) in [5, 5.41) is 4.34. The van der Waals surface area contributed by atoms with Crippen LogP contribution in [0.15, 0.2) is 42.5 Å². The smallest absolute Gasteiger partial charge is 0.235 e. The van der Waals surface area contributed by atoms with E-state index in [1.54, 1.807) is 0 Å². The minimum Gasteiger partial charge on any atom is -0.358 e. The van der Waals surface area contributed by atoms with Gasteiger partial charge in [-0.3, -0.25) is 4.79 Å². The molecule has 1 amide bonds. The first-order valence-corrected chi connectivity index (χ1v) is 10.4. The number of aromatic amines is 1. The maximum Gasteiger partial charge on any atom is 0.235 e. The molecule has 1 saturated carbocycles. The van der Waals surface area contributed by atoms with Gasteiger partial charge in [0.15, 0.2) is 0 Å². The number of fused-ring (bicyclic) bond motifs is 2. The third-order valence-electron chi connectivity index (χ3n) is 6.52. The summed E-state index contributed by atoms with van der Waals surface area (Å²) >= 11 is 0. The zero-order chi connectivity index (χ0) is 19.5. The minimum atomic E-state index is -0.332. The van der Waals surface area contributed by atoms with E-state index in [1.165, 1.54) is 35.2 Å². The summed E-state index contributed by atoms with van der Waals surface area (Å²) in [7, 11) is 0. The Bertz CT molecular complexity index is 1080. The summed E-state index contributed by atoms with van der Waals surface area (Å²) in [4.78, 5) is 16.7. The van der Waals surface area contributed by atoms with Crippen molar-refractivity contribution in [3.8, 4) is 0 Å². The lowest BCUT2D eigenvalue weighted by Gasteiger charge is -2.17. The van der Waals surface area contributed by atoms with Gasteiger partial charge in [-0.1, -0.05) is 39.0 Å². The highest BCUT2D eigenvalue weighted by molar-refractivity contribution is 6.02. The number of aromatic nitrogens is 1. The molecule has 3 aromatic rings. The lowest BCUT2D eigenvalue weighted by Crippen LogP contribution is -2.27. The number of anilines is 1. The predicted octanol–water partition coefficient (Wildman–Crippen LogP) is 5.62. The third kappa shape index (κ3) is 2.85. The van der Waals surface area contributed by atoms with Gasteiger partial charge < -0.3 is 10.3 Å². The summed E-state index contributed by atoms with van der Waals surface area (Å²) < 4.78 is 0. The van der Waals surface area contributed by atoms with Gasteiger partial charge in [-0.25, -0.2) is 0 Å². The van der Waals surface area contributed by atoms with Crippen molar-refractivity contribution in [1.29, 1.82) is 0 Å². The molecule has 0 saturated heterocycles. The molecule has 0 bridgehead atoms. The maximum atomic E-state index is 13.2. The Labute approximate surface area is 166 Å². The molecule has 5 rings (SSSR count). The molecule has 0 unspecified atom stereocenters. The Hall–Kier alpha value is -2.55. The number of H-pyrrole nitrogens is 1. The Balaban J connectivity index is 1.40. The minimum absolute atomic E-state index is 0.0775. The zero-order valence-electron chi connectivity index (χ0n) is 17.0. The number of rotatable bonds is 3. The van der Waals surface area contributed by atoms with Crippen LogP contribution in [-0.2, 0) is 28.5 Å². The van der Waals surface area contributed by atoms with Gasteiger partial charge in [0.25, 0.3) is 0 Å². The van der Waals surface area contributed by atoms with Crippen LogP contribution in [0, 0.1) is 0 Å². The number of hydrogen-bond acceptors (Lipinski definition) is 1. The molecule has 2 aromatic carbocycles. The second-order valence-electron chi connectivity index (χ2n) is 9.61. The molecule has 1 heterocycles. The van der Waals surface area contributed by atoms with E-state index in [2.05, 4.69) is 67.5 Å². The van der Waals surface area contributed by atoms with Crippen molar-refractivity contribution in [2.45, 2.75) is 63.7 Å². The summed E-state index contributed by atoms with van der Waals surface area (Å²) in [6, 6.07) is 15.1. The molecular formula is C25H28N2O. The molecule has 1 fully saturated rings. The molecule has 28 heavy (non-hydrogen) atoms. The second kappa shape index (κ2) is 5.97. The molecule has 0 atom stereocenters. The molecule has 3 heteroatoms. The van der Waals surface area contributed by atoms with E-state index in [-0.39, 0.29) is 16.7 Å². The molecule has 0 aliphatic heterocycles. The van der Waals surface area contributed by atoms with Gasteiger partial charge in [-0.2, -0.15) is 0 Å². The molecule has 0 radical (unpaired) electrons. The highest BCUT2D eigenvalue weighted by Gasteiger charge is 2.51. The van der Waals surface area contributed by atoms with Crippen LogP contribution in [0.3, 0.4) is 0 Å². The van der Waals surface area contributed by atoms with E-state index in [4.69, 9.17) is 0 Å². The second-order valence-corrected chi connectivity index (χ2v) is 9.61. The Morgan fingerprint density at radius 3 is 2.54 bits per heavy atom. The normalized spacial score (nSPS) is 17.5. The monoisotopic (exact) mass is 372 g/mol. The fourth-order valence-corrected chi connectivity index (χ4v) is 4.51. The highest BCUT2D eigenvalue weighted by atomic mass is 16.2.